The molecule has 0 aliphatic rings. The largest absolute Gasteiger partial charge is 0.350 e. The van der Waals surface area contributed by atoms with Gasteiger partial charge in [-0.15, -0.1) is 0 Å². The summed E-state index contributed by atoms with van der Waals surface area (Å²) in [7, 11) is -3.52. The lowest BCUT2D eigenvalue weighted by Gasteiger charge is -2.23. The Balaban J connectivity index is 2.23. The van der Waals surface area contributed by atoms with Crippen LogP contribution in [0.4, 0.5) is 5.69 Å². The topological polar surface area (TPSA) is 66.5 Å². The maximum Gasteiger partial charge on any atom is 0.251 e. The molecule has 0 aliphatic carbocycles. The van der Waals surface area contributed by atoms with E-state index in [9.17, 15) is 13.2 Å². The van der Waals surface area contributed by atoms with Crippen LogP contribution in [0.1, 0.15) is 42.6 Å². The molecule has 0 aliphatic heterocycles. The van der Waals surface area contributed by atoms with E-state index in [0.717, 1.165) is 19.1 Å². The predicted molar refractivity (Wildman–Crippen MR) is 111 cm³/mol. The molecule has 1 N–H and O–H groups in total. The Morgan fingerprint density at radius 3 is 2.33 bits per heavy atom. The number of nitrogens with one attached hydrogen (secondary N) is 1. The molecule has 2 aromatic carbocycles. The van der Waals surface area contributed by atoms with Gasteiger partial charge in [-0.05, 0) is 49.2 Å². The maximum absolute atomic E-state index is 12.3. The maximum atomic E-state index is 12.3. The summed E-state index contributed by atoms with van der Waals surface area (Å²) in [4.78, 5) is 12.3. The first-order valence-electron chi connectivity index (χ1n) is 8.84. The highest BCUT2D eigenvalue weighted by Gasteiger charge is 2.19. The summed E-state index contributed by atoms with van der Waals surface area (Å²) in [5.74, 6) is -0.167. The number of nitrogens with zero attached hydrogens (tertiary/aromatic N) is 1. The molecular weight excluding hydrogens is 384 g/mol. The summed E-state index contributed by atoms with van der Waals surface area (Å²) in [6.45, 7) is 4.15. The number of halogens is 1. The van der Waals surface area contributed by atoms with Crippen molar-refractivity contribution in [3.63, 3.8) is 0 Å². The second-order valence-electron chi connectivity index (χ2n) is 6.57. The molecule has 0 radical (unpaired) electrons. The molecule has 27 heavy (non-hydrogen) atoms. The van der Waals surface area contributed by atoms with Crippen LogP contribution in [-0.2, 0) is 16.6 Å². The van der Waals surface area contributed by atoms with Crippen LogP contribution in [0, 0.1) is 0 Å². The van der Waals surface area contributed by atoms with Gasteiger partial charge in [0.15, 0.2) is 0 Å². The minimum absolute atomic E-state index is 0.0925. The van der Waals surface area contributed by atoms with Gasteiger partial charge < -0.3 is 5.32 Å². The van der Waals surface area contributed by atoms with Crippen molar-refractivity contribution < 1.29 is 13.2 Å². The van der Waals surface area contributed by atoms with Crippen molar-refractivity contribution in [2.45, 2.75) is 39.3 Å². The summed E-state index contributed by atoms with van der Waals surface area (Å²) in [5, 5.41) is 3.44. The highest BCUT2D eigenvalue weighted by Crippen LogP contribution is 2.24. The van der Waals surface area contributed by atoms with Gasteiger partial charge in [-0.25, -0.2) is 8.42 Å². The van der Waals surface area contributed by atoms with E-state index in [1.165, 1.54) is 4.31 Å². The van der Waals surface area contributed by atoms with Gasteiger partial charge in [0.1, 0.15) is 0 Å². The molecule has 7 heteroatoms. The van der Waals surface area contributed by atoms with Crippen LogP contribution in [0.15, 0.2) is 48.5 Å². The Hall–Kier alpha value is -2.05. The fourth-order valence-electron chi connectivity index (χ4n) is 2.77. The van der Waals surface area contributed by atoms with Gasteiger partial charge in [0.25, 0.3) is 5.91 Å². The average molecular weight is 409 g/mol. The molecule has 1 atom stereocenters. The van der Waals surface area contributed by atoms with Crippen LogP contribution in [0.25, 0.3) is 0 Å². The van der Waals surface area contributed by atoms with Crippen molar-refractivity contribution in [3.8, 4) is 0 Å². The van der Waals surface area contributed by atoms with Crippen molar-refractivity contribution in [1.82, 2.24) is 5.32 Å². The van der Waals surface area contributed by atoms with Crippen molar-refractivity contribution in [2.24, 2.45) is 0 Å². The van der Waals surface area contributed by atoms with E-state index in [-0.39, 0.29) is 18.5 Å². The Morgan fingerprint density at radius 1 is 1.15 bits per heavy atom. The van der Waals surface area contributed by atoms with Gasteiger partial charge in [0, 0.05) is 16.6 Å². The molecule has 0 aromatic heterocycles. The van der Waals surface area contributed by atoms with Crippen molar-refractivity contribution in [2.75, 3.05) is 10.6 Å². The predicted octanol–water partition coefficient (Wildman–Crippen LogP) is 4.22. The molecule has 0 saturated carbocycles. The fourth-order valence-corrected chi connectivity index (χ4v) is 3.85. The Labute approximate surface area is 166 Å². The zero-order chi connectivity index (χ0) is 20.0. The number of rotatable bonds is 8. The molecule has 2 rings (SSSR count). The third-order valence-electron chi connectivity index (χ3n) is 4.19. The molecule has 1 amide bonds. The fraction of sp³-hybridized carbons (Fsp3) is 0.350. The summed E-state index contributed by atoms with van der Waals surface area (Å²) in [5.41, 5.74) is 1.68. The summed E-state index contributed by atoms with van der Waals surface area (Å²) < 4.78 is 25.8. The van der Waals surface area contributed by atoms with E-state index in [0.29, 0.717) is 21.8 Å². The number of carbonyl (C=O) groups is 1. The van der Waals surface area contributed by atoms with Crippen LogP contribution < -0.4 is 9.62 Å². The second-order valence-corrected chi connectivity index (χ2v) is 8.89. The van der Waals surface area contributed by atoms with Gasteiger partial charge in [0.05, 0.1) is 18.5 Å². The number of hydrogen-bond donors (Lipinski definition) is 1. The monoisotopic (exact) mass is 408 g/mol. The van der Waals surface area contributed by atoms with Gasteiger partial charge in [0.2, 0.25) is 10.0 Å². The van der Waals surface area contributed by atoms with E-state index in [1.54, 1.807) is 42.5 Å². The zero-order valence-corrected chi connectivity index (χ0v) is 17.3. The molecule has 0 saturated heterocycles. The Kier molecular flexibility index (Phi) is 7.27. The minimum Gasteiger partial charge on any atom is -0.350 e. The number of anilines is 1. The van der Waals surface area contributed by atoms with E-state index in [1.807, 2.05) is 13.0 Å². The van der Waals surface area contributed by atoms with E-state index >= 15 is 0 Å². The second kappa shape index (κ2) is 9.24. The molecule has 2 aromatic rings. The number of sulfonamides is 1. The van der Waals surface area contributed by atoms with Crippen molar-refractivity contribution >= 4 is 33.2 Å². The Morgan fingerprint density at radius 2 is 1.78 bits per heavy atom. The molecule has 0 spiro atoms. The summed E-state index contributed by atoms with van der Waals surface area (Å²) >= 11 is 6.17. The molecular formula is C20H25ClN2O3S. The molecule has 146 valence electrons. The van der Waals surface area contributed by atoms with Crippen molar-refractivity contribution in [3.05, 3.63) is 64.7 Å². The smallest absolute Gasteiger partial charge is 0.251 e. The van der Waals surface area contributed by atoms with Crippen LogP contribution in [0.3, 0.4) is 0 Å². The zero-order valence-electron chi connectivity index (χ0n) is 15.8. The van der Waals surface area contributed by atoms with Crippen LogP contribution in [0.2, 0.25) is 5.02 Å². The summed E-state index contributed by atoms with van der Waals surface area (Å²) in [6.07, 6.45) is 3.05. The molecule has 0 heterocycles. The molecule has 0 bridgehead atoms. The van der Waals surface area contributed by atoms with Gasteiger partial charge in [-0.3, -0.25) is 9.10 Å². The first-order chi connectivity index (χ1) is 12.7. The van der Waals surface area contributed by atoms with Gasteiger partial charge in [-0.2, -0.15) is 0 Å². The lowest BCUT2D eigenvalue weighted by atomic mass is 10.1. The first-order valence-corrected chi connectivity index (χ1v) is 11.1. The Bertz CT molecular complexity index is 882. The standard InChI is InChI=1S/C20H25ClN2O3S/c1-4-7-15(2)22-20(24)16-10-12-18(13-11-16)23(27(3,25)26)14-17-8-5-6-9-19(17)21/h5-6,8-13,15H,4,7,14H2,1-3H3,(H,22,24). The minimum atomic E-state index is -3.52. The molecule has 0 fully saturated rings. The third-order valence-corrected chi connectivity index (χ3v) is 5.70. The lowest BCUT2D eigenvalue weighted by molar-refractivity contribution is 0.0938. The molecule has 1 unspecified atom stereocenters. The van der Waals surface area contributed by atoms with Gasteiger partial charge >= 0.3 is 0 Å². The van der Waals surface area contributed by atoms with Crippen molar-refractivity contribution in [1.29, 1.82) is 0 Å². The highest BCUT2D eigenvalue weighted by molar-refractivity contribution is 7.92. The van der Waals surface area contributed by atoms with Gasteiger partial charge in [-0.1, -0.05) is 43.1 Å². The number of amides is 1. The molecule has 5 nitrogen and oxygen atoms in total. The normalized spacial score (nSPS) is 12.4. The number of benzene rings is 2. The SMILES string of the molecule is CCCC(C)NC(=O)c1ccc(N(Cc2ccccc2Cl)S(C)(=O)=O)cc1. The summed E-state index contributed by atoms with van der Waals surface area (Å²) in [6, 6.07) is 13.8. The first kappa shape index (κ1) is 21.3. The number of carbonyl (C=O) groups excluding carboxylic acids is 1. The highest BCUT2D eigenvalue weighted by atomic mass is 35.5. The lowest BCUT2D eigenvalue weighted by Crippen LogP contribution is -2.32. The average Bonchev–Trinajstić information content (AvgIpc) is 2.60. The van der Waals surface area contributed by atoms with Crippen LogP contribution in [-0.4, -0.2) is 26.6 Å². The van der Waals surface area contributed by atoms with E-state index in [2.05, 4.69) is 12.2 Å². The van der Waals surface area contributed by atoms with E-state index in [4.69, 9.17) is 11.6 Å². The van der Waals surface area contributed by atoms with E-state index < -0.39 is 10.0 Å². The van der Waals surface area contributed by atoms with Crippen LogP contribution >= 0.6 is 11.6 Å². The van der Waals surface area contributed by atoms with Crippen LogP contribution in [0.5, 0.6) is 0 Å². The quantitative estimate of drug-likeness (QED) is 0.710. The third kappa shape index (κ3) is 5.97. The number of hydrogen-bond acceptors (Lipinski definition) is 3.